The summed E-state index contributed by atoms with van der Waals surface area (Å²) in [6.45, 7) is 5.05. The minimum atomic E-state index is 0.217. The summed E-state index contributed by atoms with van der Waals surface area (Å²) in [5.74, 6) is 2.28. The molecule has 1 aliphatic heterocycles. The molecule has 1 saturated carbocycles. The van der Waals surface area contributed by atoms with E-state index in [1.807, 2.05) is 35.9 Å². The van der Waals surface area contributed by atoms with Gasteiger partial charge in [-0.2, -0.15) is 5.10 Å². The van der Waals surface area contributed by atoms with Crippen molar-refractivity contribution in [3.8, 4) is 5.69 Å². The predicted molar refractivity (Wildman–Crippen MR) is 146 cm³/mol. The SMILES string of the molecule is Cc1nn(-c2ccccc2)c2nc(Cc3ccccc3)nc(N3CCN(C(=O)C4CCCCC4)CC3)c12. The van der Waals surface area contributed by atoms with E-state index < -0.39 is 0 Å². The molecule has 0 unspecified atom stereocenters. The van der Waals surface area contributed by atoms with Crippen LogP contribution in [0.25, 0.3) is 16.7 Å². The van der Waals surface area contributed by atoms with Crippen LogP contribution >= 0.6 is 0 Å². The molecule has 1 saturated heterocycles. The lowest BCUT2D eigenvalue weighted by Gasteiger charge is -2.38. The summed E-state index contributed by atoms with van der Waals surface area (Å²) in [6, 6.07) is 20.5. The number of rotatable bonds is 5. The average Bonchev–Trinajstić information content (AvgIpc) is 3.30. The maximum absolute atomic E-state index is 13.1. The molecule has 7 heteroatoms. The summed E-state index contributed by atoms with van der Waals surface area (Å²) in [5, 5.41) is 5.88. The first-order valence-electron chi connectivity index (χ1n) is 13.6. The van der Waals surface area contributed by atoms with Crippen molar-refractivity contribution in [2.24, 2.45) is 5.92 Å². The standard InChI is InChI=1S/C30H34N6O/c1-22-27-28(34-17-19-35(20-18-34)30(37)24-13-7-3-8-14-24)31-26(21-23-11-5-2-6-12-23)32-29(27)36(33-22)25-15-9-4-10-16-25/h2,4-6,9-12,15-16,24H,3,7-8,13-14,17-21H2,1H3. The van der Waals surface area contributed by atoms with Crippen molar-refractivity contribution in [3.63, 3.8) is 0 Å². The molecule has 2 aromatic carbocycles. The highest BCUT2D eigenvalue weighted by molar-refractivity contribution is 5.91. The van der Waals surface area contributed by atoms with Crippen molar-refractivity contribution in [1.29, 1.82) is 0 Å². The zero-order chi connectivity index (χ0) is 25.2. The molecule has 7 nitrogen and oxygen atoms in total. The maximum Gasteiger partial charge on any atom is 0.225 e. The molecule has 6 rings (SSSR count). The molecule has 2 aromatic heterocycles. The highest BCUT2D eigenvalue weighted by atomic mass is 16.2. The number of aryl methyl sites for hydroxylation is 1. The molecule has 190 valence electrons. The number of fused-ring (bicyclic) bond motifs is 1. The molecule has 0 spiro atoms. The molecule has 2 aliphatic rings. The second-order valence-corrected chi connectivity index (χ2v) is 10.3. The molecule has 1 aliphatic carbocycles. The Labute approximate surface area is 218 Å². The van der Waals surface area contributed by atoms with Crippen LogP contribution in [0.5, 0.6) is 0 Å². The Morgan fingerprint density at radius 1 is 0.865 bits per heavy atom. The number of amides is 1. The fraction of sp³-hybridized carbons (Fsp3) is 0.400. The summed E-state index contributed by atoms with van der Waals surface area (Å²) in [4.78, 5) is 27.7. The van der Waals surface area contributed by atoms with E-state index in [0.29, 0.717) is 12.3 Å². The van der Waals surface area contributed by atoms with Crippen LogP contribution in [0, 0.1) is 12.8 Å². The number of benzene rings is 2. The number of carbonyl (C=O) groups is 1. The van der Waals surface area contributed by atoms with Gasteiger partial charge in [0.05, 0.1) is 16.8 Å². The van der Waals surface area contributed by atoms with Gasteiger partial charge in [0.2, 0.25) is 5.91 Å². The lowest BCUT2D eigenvalue weighted by Crippen LogP contribution is -2.51. The first-order valence-corrected chi connectivity index (χ1v) is 13.6. The van der Waals surface area contributed by atoms with Gasteiger partial charge in [-0.15, -0.1) is 0 Å². The highest BCUT2D eigenvalue weighted by Crippen LogP contribution is 2.31. The first-order chi connectivity index (χ1) is 18.2. The van der Waals surface area contributed by atoms with E-state index in [1.54, 1.807) is 0 Å². The third kappa shape index (κ3) is 4.82. The van der Waals surface area contributed by atoms with E-state index in [0.717, 1.165) is 73.1 Å². The molecule has 0 atom stereocenters. The third-order valence-corrected chi connectivity index (χ3v) is 7.78. The number of nitrogens with zero attached hydrogens (tertiary/aromatic N) is 6. The number of carbonyl (C=O) groups excluding carboxylic acids is 1. The number of anilines is 1. The molecular weight excluding hydrogens is 460 g/mol. The van der Waals surface area contributed by atoms with E-state index in [2.05, 4.69) is 46.2 Å². The van der Waals surface area contributed by atoms with Gasteiger partial charge in [0.15, 0.2) is 5.65 Å². The Morgan fingerprint density at radius 2 is 1.54 bits per heavy atom. The van der Waals surface area contributed by atoms with Gasteiger partial charge < -0.3 is 9.80 Å². The van der Waals surface area contributed by atoms with E-state index in [-0.39, 0.29) is 5.92 Å². The monoisotopic (exact) mass is 494 g/mol. The van der Waals surface area contributed by atoms with Gasteiger partial charge in [0.1, 0.15) is 11.6 Å². The number of hydrogen-bond acceptors (Lipinski definition) is 5. The molecule has 0 bridgehead atoms. The van der Waals surface area contributed by atoms with Gasteiger partial charge in [0.25, 0.3) is 0 Å². The van der Waals surface area contributed by atoms with Crippen LogP contribution in [0.2, 0.25) is 0 Å². The van der Waals surface area contributed by atoms with Crippen LogP contribution in [0.15, 0.2) is 60.7 Å². The summed E-state index contributed by atoms with van der Waals surface area (Å²) in [7, 11) is 0. The molecule has 0 radical (unpaired) electrons. The van der Waals surface area contributed by atoms with E-state index in [1.165, 1.54) is 24.8 Å². The van der Waals surface area contributed by atoms with Crippen molar-refractivity contribution < 1.29 is 4.79 Å². The molecule has 0 N–H and O–H groups in total. The molecule has 37 heavy (non-hydrogen) atoms. The summed E-state index contributed by atoms with van der Waals surface area (Å²) in [5.41, 5.74) is 3.91. The van der Waals surface area contributed by atoms with Gasteiger partial charge >= 0.3 is 0 Å². The Morgan fingerprint density at radius 3 is 2.24 bits per heavy atom. The second kappa shape index (κ2) is 10.3. The topological polar surface area (TPSA) is 67.2 Å². The van der Waals surface area contributed by atoms with Crippen LogP contribution in [-0.2, 0) is 11.2 Å². The molecule has 4 aromatic rings. The molecule has 3 heterocycles. The summed E-state index contributed by atoms with van der Waals surface area (Å²) < 4.78 is 1.94. The fourth-order valence-corrected chi connectivity index (χ4v) is 5.79. The van der Waals surface area contributed by atoms with Gasteiger partial charge in [0, 0.05) is 38.5 Å². The number of hydrogen-bond donors (Lipinski definition) is 0. The highest BCUT2D eigenvalue weighted by Gasteiger charge is 2.30. The lowest BCUT2D eigenvalue weighted by atomic mass is 9.88. The van der Waals surface area contributed by atoms with E-state index in [9.17, 15) is 4.79 Å². The average molecular weight is 495 g/mol. The molecular formula is C30H34N6O. The summed E-state index contributed by atoms with van der Waals surface area (Å²) >= 11 is 0. The second-order valence-electron chi connectivity index (χ2n) is 10.3. The van der Waals surface area contributed by atoms with Crippen molar-refractivity contribution in [2.45, 2.75) is 45.4 Å². The van der Waals surface area contributed by atoms with Gasteiger partial charge in [-0.25, -0.2) is 14.6 Å². The minimum absolute atomic E-state index is 0.217. The maximum atomic E-state index is 13.1. The zero-order valence-electron chi connectivity index (χ0n) is 21.5. The largest absolute Gasteiger partial charge is 0.352 e. The van der Waals surface area contributed by atoms with E-state index >= 15 is 0 Å². The smallest absolute Gasteiger partial charge is 0.225 e. The van der Waals surface area contributed by atoms with Crippen LogP contribution in [0.4, 0.5) is 5.82 Å². The third-order valence-electron chi connectivity index (χ3n) is 7.78. The number of piperazine rings is 1. The Bertz CT molecular complexity index is 1370. The predicted octanol–water partition coefficient (Wildman–Crippen LogP) is 4.94. The lowest BCUT2D eigenvalue weighted by molar-refractivity contribution is -0.136. The molecule has 2 fully saturated rings. The van der Waals surface area contributed by atoms with Crippen molar-refractivity contribution in [1.82, 2.24) is 24.6 Å². The normalized spacial score (nSPS) is 16.9. The zero-order valence-corrected chi connectivity index (χ0v) is 21.5. The minimum Gasteiger partial charge on any atom is -0.352 e. The van der Waals surface area contributed by atoms with Crippen LogP contribution < -0.4 is 4.90 Å². The summed E-state index contributed by atoms with van der Waals surface area (Å²) in [6.07, 6.45) is 6.39. The van der Waals surface area contributed by atoms with Gasteiger partial charge in [-0.05, 0) is 37.5 Å². The quantitative estimate of drug-likeness (QED) is 0.393. The molecule has 1 amide bonds. The number of aromatic nitrogens is 4. The van der Waals surface area contributed by atoms with Crippen molar-refractivity contribution in [2.75, 3.05) is 31.1 Å². The first kappa shape index (κ1) is 23.6. The Hall–Kier alpha value is -3.74. The van der Waals surface area contributed by atoms with Crippen molar-refractivity contribution in [3.05, 3.63) is 77.7 Å². The van der Waals surface area contributed by atoms with Crippen LogP contribution in [0.1, 0.15) is 49.2 Å². The van der Waals surface area contributed by atoms with Crippen LogP contribution in [-0.4, -0.2) is 56.7 Å². The fourth-order valence-electron chi connectivity index (χ4n) is 5.79. The Balaban J connectivity index is 1.34. The number of para-hydroxylation sites is 1. The van der Waals surface area contributed by atoms with Crippen LogP contribution in [0.3, 0.4) is 0 Å². The van der Waals surface area contributed by atoms with E-state index in [4.69, 9.17) is 15.1 Å². The Kier molecular flexibility index (Phi) is 6.60. The van der Waals surface area contributed by atoms with Gasteiger partial charge in [-0.3, -0.25) is 4.79 Å². The van der Waals surface area contributed by atoms with Crippen molar-refractivity contribution >= 4 is 22.8 Å². The van der Waals surface area contributed by atoms with Gasteiger partial charge in [-0.1, -0.05) is 67.8 Å².